The maximum Gasteiger partial charge on any atom is 0.205 e. The van der Waals surface area contributed by atoms with Gasteiger partial charge in [0.05, 0.1) is 29.8 Å². The molecular formula is C24H29N5OS. The zero-order valence-electron chi connectivity index (χ0n) is 18.7. The molecule has 0 saturated carbocycles. The van der Waals surface area contributed by atoms with Crippen LogP contribution < -0.4 is 15.4 Å². The standard InChI is InChI=1S/C24H29N5OS/c1-6-24(5)15-29(23(31)26-19-9-7-8-18(13-19)14-25)22(28-24)27-21-11-10-20(12-17(21)4)30-16(2)3/h7-13,16H,6,15H2,1-5H3,(H,26,31)(H,27,28). The molecule has 162 valence electrons. The lowest BCUT2D eigenvalue weighted by atomic mass is 10.0. The van der Waals surface area contributed by atoms with E-state index >= 15 is 0 Å². The molecule has 0 radical (unpaired) electrons. The largest absolute Gasteiger partial charge is 0.491 e. The minimum absolute atomic E-state index is 0.126. The van der Waals surface area contributed by atoms with Gasteiger partial charge in [-0.15, -0.1) is 0 Å². The summed E-state index contributed by atoms with van der Waals surface area (Å²) < 4.78 is 5.79. The van der Waals surface area contributed by atoms with Crippen molar-refractivity contribution in [3.05, 3.63) is 53.6 Å². The number of thiocarbonyl (C=S) groups is 1. The van der Waals surface area contributed by atoms with Crippen molar-refractivity contribution in [1.29, 1.82) is 5.26 Å². The zero-order valence-corrected chi connectivity index (χ0v) is 19.5. The summed E-state index contributed by atoms with van der Waals surface area (Å²) in [5.41, 5.74) is 3.14. The van der Waals surface area contributed by atoms with Gasteiger partial charge in [-0.05, 0) is 88.3 Å². The Morgan fingerprint density at radius 3 is 2.74 bits per heavy atom. The molecule has 0 saturated heterocycles. The molecule has 1 unspecified atom stereocenters. The predicted molar refractivity (Wildman–Crippen MR) is 131 cm³/mol. The topological polar surface area (TPSA) is 72.7 Å². The van der Waals surface area contributed by atoms with Crippen LogP contribution in [0.3, 0.4) is 0 Å². The molecule has 2 N–H and O–H groups in total. The number of benzene rings is 2. The lowest BCUT2D eigenvalue weighted by Crippen LogP contribution is -2.43. The second-order valence-corrected chi connectivity index (χ2v) is 8.65. The first-order valence-corrected chi connectivity index (χ1v) is 10.9. The molecule has 0 amide bonds. The molecule has 2 aromatic rings. The third kappa shape index (κ3) is 5.53. The number of aliphatic imine (C=N–C) groups is 1. The van der Waals surface area contributed by atoms with Crippen molar-refractivity contribution in [3.63, 3.8) is 0 Å². The van der Waals surface area contributed by atoms with E-state index in [0.29, 0.717) is 23.2 Å². The van der Waals surface area contributed by atoms with Crippen LogP contribution in [-0.2, 0) is 0 Å². The van der Waals surface area contributed by atoms with Crippen LogP contribution >= 0.6 is 12.2 Å². The molecule has 1 aliphatic heterocycles. The van der Waals surface area contributed by atoms with Gasteiger partial charge < -0.3 is 15.4 Å². The van der Waals surface area contributed by atoms with Gasteiger partial charge in [-0.2, -0.15) is 5.26 Å². The van der Waals surface area contributed by atoms with Gasteiger partial charge in [0.25, 0.3) is 0 Å². The van der Waals surface area contributed by atoms with Gasteiger partial charge in [0.15, 0.2) is 5.11 Å². The van der Waals surface area contributed by atoms with Crippen molar-refractivity contribution in [2.24, 2.45) is 4.99 Å². The van der Waals surface area contributed by atoms with Gasteiger partial charge in [-0.3, -0.25) is 4.90 Å². The zero-order chi connectivity index (χ0) is 22.6. The fourth-order valence-electron chi connectivity index (χ4n) is 3.32. The average Bonchev–Trinajstić information content (AvgIpc) is 3.07. The van der Waals surface area contributed by atoms with Crippen molar-refractivity contribution in [2.45, 2.75) is 52.7 Å². The van der Waals surface area contributed by atoms with Gasteiger partial charge in [-0.1, -0.05) is 13.0 Å². The first-order chi connectivity index (χ1) is 14.7. The van der Waals surface area contributed by atoms with Gasteiger partial charge in [0, 0.05) is 11.4 Å². The van der Waals surface area contributed by atoms with Gasteiger partial charge in [0.1, 0.15) is 5.75 Å². The fraction of sp³-hybridized carbons (Fsp3) is 0.375. The summed E-state index contributed by atoms with van der Waals surface area (Å²) in [5.74, 6) is 1.55. The number of hydrogen-bond donors (Lipinski definition) is 2. The van der Waals surface area contributed by atoms with E-state index in [9.17, 15) is 0 Å². The first kappa shape index (κ1) is 22.6. The highest BCUT2D eigenvalue weighted by molar-refractivity contribution is 7.80. The number of aryl methyl sites for hydroxylation is 1. The monoisotopic (exact) mass is 435 g/mol. The molecule has 0 aromatic heterocycles. The Hall–Kier alpha value is -3.11. The van der Waals surface area contributed by atoms with Crippen LogP contribution in [0.25, 0.3) is 0 Å². The lowest BCUT2D eigenvalue weighted by molar-refractivity contribution is 0.242. The summed E-state index contributed by atoms with van der Waals surface area (Å²) in [6.45, 7) is 11.0. The molecule has 1 heterocycles. The Morgan fingerprint density at radius 2 is 2.10 bits per heavy atom. The average molecular weight is 436 g/mol. The molecule has 31 heavy (non-hydrogen) atoms. The van der Waals surface area contributed by atoms with Crippen LogP contribution in [0.4, 0.5) is 11.4 Å². The van der Waals surface area contributed by atoms with E-state index in [1.54, 1.807) is 12.1 Å². The van der Waals surface area contributed by atoms with E-state index in [2.05, 4.69) is 30.6 Å². The Kier molecular flexibility index (Phi) is 6.81. The fourth-order valence-corrected chi connectivity index (χ4v) is 3.59. The number of anilines is 2. The van der Waals surface area contributed by atoms with E-state index in [-0.39, 0.29) is 11.6 Å². The highest BCUT2D eigenvalue weighted by atomic mass is 32.1. The molecule has 0 bridgehead atoms. The molecule has 3 rings (SSSR count). The minimum Gasteiger partial charge on any atom is -0.491 e. The summed E-state index contributed by atoms with van der Waals surface area (Å²) in [5, 5.41) is 16.4. The minimum atomic E-state index is -0.239. The van der Waals surface area contributed by atoms with Crippen molar-refractivity contribution >= 4 is 34.7 Å². The Bertz CT molecular complexity index is 1040. The Balaban J connectivity index is 1.82. The highest BCUT2D eigenvalue weighted by Gasteiger charge is 2.36. The second kappa shape index (κ2) is 9.36. The van der Waals surface area contributed by atoms with Crippen LogP contribution in [-0.4, -0.2) is 34.2 Å². The number of hydrogen-bond acceptors (Lipinski definition) is 5. The molecule has 0 aliphatic carbocycles. The molecule has 7 heteroatoms. The van der Waals surface area contributed by atoms with E-state index in [1.807, 2.05) is 56.0 Å². The van der Waals surface area contributed by atoms with Gasteiger partial charge in [0.2, 0.25) is 5.96 Å². The quantitative estimate of drug-likeness (QED) is 0.621. The van der Waals surface area contributed by atoms with Crippen molar-refractivity contribution in [3.8, 4) is 11.8 Å². The predicted octanol–water partition coefficient (Wildman–Crippen LogP) is 5.30. The summed E-state index contributed by atoms with van der Waals surface area (Å²) in [6.07, 6.45) is 1.02. The molecule has 0 spiro atoms. The molecular weight excluding hydrogens is 406 g/mol. The van der Waals surface area contributed by atoms with Crippen LogP contribution in [0.5, 0.6) is 5.75 Å². The van der Waals surface area contributed by atoms with Crippen molar-refractivity contribution in [2.75, 3.05) is 17.2 Å². The van der Waals surface area contributed by atoms with E-state index in [1.165, 1.54) is 0 Å². The lowest BCUT2D eigenvalue weighted by Gasteiger charge is -2.25. The second-order valence-electron chi connectivity index (χ2n) is 8.26. The number of ether oxygens (including phenoxy) is 1. The van der Waals surface area contributed by atoms with Crippen molar-refractivity contribution < 1.29 is 4.74 Å². The molecule has 6 nitrogen and oxygen atoms in total. The number of guanidine groups is 1. The van der Waals surface area contributed by atoms with Crippen molar-refractivity contribution in [1.82, 2.24) is 4.90 Å². The molecule has 1 atom stereocenters. The molecule has 0 fully saturated rings. The molecule has 2 aromatic carbocycles. The molecule has 1 aliphatic rings. The normalized spacial score (nSPS) is 17.8. The summed E-state index contributed by atoms with van der Waals surface area (Å²) >= 11 is 5.71. The maximum absolute atomic E-state index is 9.15. The number of nitriles is 1. The van der Waals surface area contributed by atoms with Crippen LogP contribution in [0.15, 0.2) is 47.5 Å². The van der Waals surface area contributed by atoms with E-state index in [0.717, 1.165) is 29.1 Å². The van der Waals surface area contributed by atoms with E-state index < -0.39 is 0 Å². The summed E-state index contributed by atoms with van der Waals surface area (Å²) in [4.78, 5) is 6.93. The maximum atomic E-state index is 9.15. The van der Waals surface area contributed by atoms with Crippen LogP contribution in [0.1, 0.15) is 45.2 Å². The third-order valence-electron chi connectivity index (χ3n) is 5.20. The van der Waals surface area contributed by atoms with E-state index in [4.69, 9.17) is 27.2 Å². The van der Waals surface area contributed by atoms with Crippen LogP contribution in [0, 0.1) is 18.3 Å². The summed E-state index contributed by atoms with van der Waals surface area (Å²) in [6, 6.07) is 15.4. The number of rotatable bonds is 5. The van der Waals surface area contributed by atoms with Gasteiger partial charge >= 0.3 is 0 Å². The van der Waals surface area contributed by atoms with Gasteiger partial charge in [-0.25, -0.2) is 4.99 Å². The van der Waals surface area contributed by atoms with Crippen LogP contribution in [0.2, 0.25) is 0 Å². The first-order valence-electron chi connectivity index (χ1n) is 10.5. The number of nitrogens with zero attached hydrogens (tertiary/aromatic N) is 3. The smallest absolute Gasteiger partial charge is 0.205 e. The third-order valence-corrected chi connectivity index (χ3v) is 5.52. The SMILES string of the molecule is CCC1(C)CN(C(=S)Nc2cccc(C#N)c2)C(Nc2ccc(OC(C)C)cc2C)=N1. The Labute approximate surface area is 189 Å². The summed E-state index contributed by atoms with van der Waals surface area (Å²) in [7, 11) is 0. The highest BCUT2D eigenvalue weighted by Crippen LogP contribution is 2.28. The number of nitrogens with one attached hydrogen (secondary N) is 2. The Morgan fingerprint density at radius 1 is 1.32 bits per heavy atom.